The molecule has 0 aliphatic rings. The zero-order valence-electron chi connectivity index (χ0n) is 10.3. The molecule has 0 saturated heterocycles. The highest BCUT2D eigenvalue weighted by Gasteiger charge is 2.19. The number of nitrogens with one attached hydrogen (secondary N) is 1. The highest BCUT2D eigenvalue weighted by Crippen LogP contribution is 2.21. The molecule has 6 nitrogen and oxygen atoms in total. The Kier molecular flexibility index (Phi) is 4.51. The van der Waals surface area contributed by atoms with Gasteiger partial charge in [0.25, 0.3) is 6.01 Å². The van der Waals surface area contributed by atoms with Gasteiger partial charge in [-0.25, -0.2) is 4.79 Å². The molecule has 0 aliphatic heterocycles. The smallest absolute Gasteiger partial charge is 0.357 e. The third kappa shape index (κ3) is 4.44. The Balaban J connectivity index is 2.46. The van der Waals surface area contributed by atoms with Crippen molar-refractivity contribution in [2.24, 2.45) is 5.41 Å². The zero-order valence-corrected chi connectivity index (χ0v) is 10.3. The maximum Gasteiger partial charge on any atom is 0.357 e. The van der Waals surface area contributed by atoms with Crippen molar-refractivity contribution >= 4 is 12.0 Å². The van der Waals surface area contributed by atoms with E-state index in [9.17, 15) is 4.79 Å². The van der Waals surface area contributed by atoms with Gasteiger partial charge >= 0.3 is 5.97 Å². The summed E-state index contributed by atoms with van der Waals surface area (Å²) in [5.41, 5.74) is -0.0735. The number of aromatic nitrogens is 1. The Bertz CT molecular complexity index is 373. The van der Waals surface area contributed by atoms with Crippen LogP contribution in [0.5, 0.6) is 0 Å². The van der Waals surface area contributed by atoms with E-state index >= 15 is 0 Å². The van der Waals surface area contributed by atoms with Gasteiger partial charge < -0.3 is 19.6 Å². The molecule has 0 aromatic carbocycles. The fourth-order valence-corrected chi connectivity index (χ4v) is 1.23. The maximum atomic E-state index is 10.6. The van der Waals surface area contributed by atoms with Crippen molar-refractivity contribution in [1.82, 2.24) is 4.98 Å². The lowest BCUT2D eigenvalue weighted by atomic mass is 9.90. The first kappa shape index (κ1) is 13.5. The van der Waals surface area contributed by atoms with Crippen LogP contribution in [0, 0.1) is 5.41 Å². The van der Waals surface area contributed by atoms with Gasteiger partial charge in [0.2, 0.25) is 0 Å². The minimum atomic E-state index is -1.10. The van der Waals surface area contributed by atoms with Gasteiger partial charge in [-0.2, -0.15) is 4.98 Å². The predicted molar refractivity (Wildman–Crippen MR) is 62.2 cm³/mol. The van der Waals surface area contributed by atoms with Crippen molar-refractivity contribution in [3.05, 3.63) is 12.0 Å². The molecule has 1 aromatic rings. The van der Waals surface area contributed by atoms with E-state index in [0.717, 1.165) is 12.7 Å². The molecule has 0 spiro atoms. The van der Waals surface area contributed by atoms with Crippen LogP contribution in [0.4, 0.5) is 6.01 Å². The van der Waals surface area contributed by atoms with Gasteiger partial charge in [-0.05, 0) is 11.8 Å². The van der Waals surface area contributed by atoms with Crippen molar-refractivity contribution in [3.63, 3.8) is 0 Å². The van der Waals surface area contributed by atoms with E-state index in [1.807, 2.05) is 0 Å². The summed E-state index contributed by atoms with van der Waals surface area (Å²) >= 11 is 0. The highest BCUT2D eigenvalue weighted by molar-refractivity contribution is 5.85. The number of aromatic carboxylic acids is 1. The second-order valence-electron chi connectivity index (χ2n) is 4.60. The third-order valence-corrected chi connectivity index (χ3v) is 2.42. The minimum Gasteiger partial charge on any atom is -0.476 e. The first-order valence-electron chi connectivity index (χ1n) is 5.36. The fraction of sp³-hybridized carbons (Fsp3) is 0.636. The summed E-state index contributed by atoms with van der Waals surface area (Å²) in [6.45, 7) is 5.48. The number of hydrogen-bond acceptors (Lipinski definition) is 5. The Hall–Kier alpha value is -1.56. The lowest BCUT2D eigenvalue weighted by Gasteiger charge is -2.23. The van der Waals surface area contributed by atoms with E-state index < -0.39 is 5.97 Å². The van der Waals surface area contributed by atoms with Gasteiger partial charge in [-0.3, -0.25) is 0 Å². The lowest BCUT2D eigenvalue weighted by molar-refractivity contribution is 0.0690. The third-order valence-electron chi connectivity index (χ3n) is 2.42. The van der Waals surface area contributed by atoms with Crippen LogP contribution in [0.2, 0.25) is 0 Å². The molecule has 1 aromatic heterocycles. The minimum absolute atomic E-state index is 0.0217. The topological polar surface area (TPSA) is 84.6 Å². The average Bonchev–Trinajstić information content (AvgIpc) is 2.73. The molecule has 0 saturated carbocycles. The summed E-state index contributed by atoms with van der Waals surface area (Å²) in [5, 5.41) is 11.6. The Morgan fingerprint density at radius 3 is 2.88 bits per heavy atom. The monoisotopic (exact) mass is 242 g/mol. The standard InChI is InChI=1S/C11H18N2O4/c1-11(2,4-5-16-3)7-12-10-13-8(6-17-10)9(14)15/h6H,4-5,7H2,1-3H3,(H,12,13)(H,14,15). The molecule has 6 heteroatoms. The summed E-state index contributed by atoms with van der Waals surface area (Å²) < 4.78 is 10.0. The first-order chi connectivity index (χ1) is 7.94. The van der Waals surface area contributed by atoms with Gasteiger partial charge in [0.1, 0.15) is 6.26 Å². The van der Waals surface area contributed by atoms with E-state index in [0.29, 0.717) is 13.2 Å². The predicted octanol–water partition coefficient (Wildman–Crippen LogP) is 1.85. The van der Waals surface area contributed by atoms with Crippen LogP contribution < -0.4 is 5.32 Å². The van der Waals surface area contributed by atoms with Gasteiger partial charge in [0.15, 0.2) is 5.69 Å². The summed E-state index contributed by atoms with van der Waals surface area (Å²) in [7, 11) is 1.66. The van der Waals surface area contributed by atoms with E-state index in [4.69, 9.17) is 14.3 Å². The van der Waals surface area contributed by atoms with E-state index in [1.165, 1.54) is 0 Å². The SMILES string of the molecule is COCCC(C)(C)CNc1nc(C(=O)O)co1. The number of ether oxygens (including phenoxy) is 1. The molecular formula is C11H18N2O4. The van der Waals surface area contributed by atoms with E-state index in [1.54, 1.807) is 7.11 Å². The molecular weight excluding hydrogens is 224 g/mol. The van der Waals surface area contributed by atoms with Gasteiger partial charge in [-0.15, -0.1) is 0 Å². The molecule has 17 heavy (non-hydrogen) atoms. The lowest BCUT2D eigenvalue weighted by Crippen LogP contribution is -2.24. The number of carbonyl (C=O) groups is 1. The van der Waals surface area contributed by atoms with Crippen molar-refractivity contribution in [1.29, 1.82) is 0 Å². The summed E-state index contributed by atoms with van der Waals surface area (Å²) in [4.78, 5) is 14.4. The summed E-state index contributed by atoms with van der Waals surface area (Å²) in [5.74, 6) is -1.10. The van der Waals surface area contributed by atoms with E-state index in [2.05, 4.69) is 24.1 Å². The Morgan fingerprint density at radius 1 is 1.65 bits per heavy atom. The normalized spacial score (nSPS) is 11.5. The van der Waals surface area contributed by atoms with Crippen LogP contribution in [-0.4, -0.2) is 36.3 Å². The zero-order chi connectivity index (χ0) is 12.9. The number of hydrogen-bond donors (Lipinski definition) is 2. The van der Waals surface area contributed by atoms with Crippen LogP contribution >= 0.6 is 0 Å². The molecule has 96 valence electrons. The highest BCUT2D eigenvalue weighted by atomic mass is 16.5. The van der Waals surface area contributed by atoms with Crippen LogP contribution in [-0.2, 0) is 4.74 Å². The maximum absolute atomic E-state index is 10.6. The molecule has 0 aliphatic carbocycles. The van der Waals surface area contributed by atoms with Gasteiger partial charge in [-0.1, -0.05) is 13.8 Å². The van der Waals surface area contributed by atoms with Crippen LogP contribution in [0.15, 0.2) is 10.7 Å². The van der Waals surface area contributed by atoms with Crippen LogP contribution in [0.1, 0.15) is 30.8 Å². The van der Waals surface area contributed by atoms with E-state index in [-0.39, 0.29) is 17.1 Å². The van der Waals surface area contributed by atoms with Crippen molar-refractivity contribution in [3.8, 4) is 0 Å². The molecule has 1 rings (SSSR count). The molecule has 0 atom stereocenters. The fourth-order valence-electron chi connectivity index (χ4n) is 1.23. The van der Waals surface area contributed by atoms with Crippen LogP contribution in [0.3, 0.4) is 0 Å². The second kappa shape index (κ2) is 5.67. The van der Waals surface area contributed by atoms with Gasteiger partial charge in [0.05, 0.1) is 0 Å². The molecule has 0 amide bonds. The number of methoxy groups -OCH3 is 1. The summed E-state index contributed by atoms with van der Waals surface area (Å²) in [6.07, 6.45) is 2.01. The average molecular weight is 242 g/mol. The van der Waals surface area contributed by atoms with Crippen molar-refractivity contribution in [2.45, 2.75) is 20.3 Å². The number of rotatable bonds is 7. The molecule has 2 N–H and O–H groups in total. The Morgan fingerprint density at radius 2 is 2.35 bits per heavy atom. The van der Waals surface area contributed by atoms with Crippen molar-refractivity contribution < 1.29 is 19.1 Å². The summed E-state index contributed by atoms with van der Waals surface area (Å²) in [6, 6.07) is 0.230. The number of anilines is 1. The van der Waals surface area contributed by atoms with Crippen LogP contribution in [0.25, 0.3) is 0 Å². The first-order valence-corrected chi connectivity index (χ1v) is 5.36. The quantitative estimate of drug-likeness (QED) is 0.759. The van der Waals surface area contributed by atoms with Gasteiger partial charge in [0, 0.05) is 20.3 Å². The number of carboxylic acids is 1. The number of carboxylic acid groups (broad SMARTS) is 1. The molecule has 0 unspecified atom stereocenters. The molecule has 0 fully saturated rings. The number of oxazole rings is 1. The molecule has 0 bridgehead atoms. The molecule has 0 radical (unpaired) electrons. The van der Waals surface area contributed by atoms with Crippen molar-refractivity contribution in [2.75, 3.05) is 25.6 Å². The number of nitrogens with zero attached hydrogens (tertiary/aromatic N) is 1. The largest absolute Gasteiger partial charge is 0.476 e. The Labute approximate surface area is 100.0 Å². The second-order valence-corrected chi connectivity index (χ2v) is 4.60. The molecule has 1 heterocycles.